The molecule has 1 amide bonds. The van der Waals surface area contributed by atoms with Gasteiger partial charge in [-0.3, -0.25) is 4.79 Å². The van der Waals surface area contributed by atoms with Gasteiger partial charge in [-0.2, -0.15) is 5.26 Å². The molecule has 7 nitrogen and oxygen atoms in total. The van der Waals surface area contributed by atoms with Crippen LogP contribution in [0.2, 0.25) is 0 Å². The number of anilines is 1. The molecule has 178 valence electrons. The third-order valence-electron chi connectivity index (χ3n) is 6.94. The predicted molar refractivity (Wildman–Crippen MR) is 137 cm³/mol. The first-order valence-corrected chi connectivity index (χ1v) is 12.2. The zero-order chi connectivity index (χ0) is 24.5. The molecule has 0 unspecified atom stereocenters. The number of rotatable bonds is 6. The lowest BCUT2D eigenvalue weighted by Gasteiger charge is -2.41. The van der Waals surface area contributed by atoms with Gasteiger partial charge >= 0.3 is 0 Å². The summed E-state index contributed by atoms with van der Waals surface area (Å²) in [7, 11) is 0. The minimum Gasteiger partial charge on any atom is -0.396 e. The molecular weight excluding hydrogens is 438 g/mol. The molecule has 0 bridgehead atoms. The lowest BCUT2D eigenvalue weighted by Crippen LogP contribution is -2.54. The number of fused-ring (bicyclic) bond motifs is 1. The molecule has 3 aromatic rings. The molecule has 5 rings (SSSR count). The van der Waals surface area contributed by atoms with Crippen molar-refractivity contribution in [1.29, 1.82) is 5.26 Å². The molecule has 0 spiro atoms. The van der Waals surface area contributed by atoms with Crippen molar-refractivity contribution >= 4 is 28.7 Å². The van der Waals surface area contributed by atoms with Gasteiger partial charge in [-0.15, -0.1) is 0 Å². The first-order chi connectivity index (χ1) is 17.0. The van der Waals surface area contributed by atoms with E-state index in [-0.39, 0.29) is 25.0 Å². The standard InChI is InChI=1S/C28H29N5O2/c1-3-21-9-10-23-22(5-4-6-25(23)30-21)24-15-20(16-29)28(31-27(24)19-7-8-19)32-12-13-33(18(2)17-32)26(35)11-14-34/h3-6,9-10,15,18-19,34H,1,7-8,11-14,17H2,2H3/t18-/m1/s1. The molecule has 1 saturated carbocycles. The fourth-order valence-electron chi connectivity index (χ4n) is 5.00. The Morgan fingerprint density at radius 1 is 1.23 bits per heavy atom. The number of piperazine rings is 1. The second-order valence-electron chi connectivity index (χ2n) is 9.35. The second-order valence-corrected chi connectivity index (χ2v) is 9.35. The van der Waals surface area contributed by atoms with Crippen molar-refractivity contribution in [3.63, 3.8) is 0 Å². The van der Waals surface area contributed by atoms with Crippen LogP contribution in [0.4, 0.5) is 5.82 Å². The van der Waals surface area contributed by atoms with Crippen LogP contribution in [0.5, 0.6) is 0 Å². The van der Waals surface area contributed by atoms with Gasteiger partial charge in [-0.25, -0.2) is 9.97 Å². The summed E-state index contributed by atoms with van der Waals surface area (Å²) in [4.78, 5) is 26.1. The lowest BCUT2D eigenvalue weighted by molar-refractivity contribution is -0.134. The van der Waals surface area contributed by atoms with Gasteiger partial charge in [0.05, 0.1) is 29.1 Å². The number of amides is 1. The first kappa shape index (κ1) is 23.0. The summed E-state index contributed by atoms with van der Waals surface area (Å²) >= 11 is 0. The Morgan fingerprint density at radius 2 is 2.06 bits per heavy atom. The molecule has 1 atom stereocenters. The van der Waals surface area contributed by atoms with Gasteiger partial charge in [-0.05, 0) is 49.6 Å². The number of nitriles is 1. The number of carbonyl (C=O) groups excluding carboxylic acids is 1. The topological polar surface area (TPSA) is 93.4 Å². The third kappa shape index (κ3) is 4.38. The highest BCUT2D eigenvalue weighted by atomic mass is 16.3. The smallest absolute Gasteiger partial charge is 0.225 e. The number of aliphatic hydroxyl groups excluding tert-OH is 1. The van der Waals surface area contributed by atoms with Gasteiger partial charge in [0, 0.05) is 49.0 Å². The molecule has 7 heteroatoms. The van der Waals surface area contributed by atoms with E-state index in [0.29, 0.717) is 36.9 Å². The van der Waals surface area contributed by atoms with Gasteiger partial charge in [0.15, 0.2) is 0 Å². The summed E-state index contributed by atoms with van der Waals surface area (Å²) in [5.41, 5.74) is 5.33. The number of aromatic nitrogens is 2. The van der Waals surface area contributed by atoms with E-state index in [4.69, 9.17) is 10.1 Å². The van der Waals surface area contributed by atoms with E-state index in [1.54, 1.807) is 6.08 Å². The maximum Gasteiger partial charge on any atom is 0.225 e. The third-order valence-corrected chi connectivity index (χ3v) is 6.94. The van der Waals surface area contributed by atoms with Crippen molar-refractivity contribution in [2.75, 3.05) is 31.1 Å². The number of pyridine rings is 2. The number of carbonyl (C=O) groups is 1. The Hall–Kier alpha value is -3.76. The zero-order valence-corrected chi connectivity index (χ0v) is 19.9. The molecule has 2 aromatic heterocycles. The summed E-state index contributed by atoms with van der Waals surface area (Å²) < 4.78 is 0. The van der Waals surface area contributed by atoms with Crippen molar-refractivity contribution in [2.45, 2.75) is 38.1 Å². The largest absolute Gasteiger partial charge is 0.396 e. The van der Waals surface area contributed by atoms with Crippen LogP contribution in [-0.4, -0.2) is 58.2 Å². The summed E-state index contributed by atoms with van der Waals surface area (Å²) in [6, 6.07) is 14.4. The van der Waals surface area contributed by atoms with Crippen LogP contribution < -0.4 is 4.90 Å². The fourth-order valence-corrected chi connectivity index (χ4v) is 5.00. The van der Waals surface area contributed by atoms with Crippen molar-refractivity contribution in [1.82, 2.24) is 14.9 Å². The minimum atomic E-state index is -0.142. The first-order valence-electron chi connectivity index (χ1n) is 12.2. The zero-order valence-electron chi connectivity index (χ0n) is 19.9. The van der Waals surface area contributed by atoms with Crippen molar-refractivity contribution < 1.29 is 9.90 Å². The Labute approximate surface area is 205 Å². The lowest BCUT2D eigenvalue weighted by atomic mass is 9.95. The highest BCUT2D eigenvalue weighted by Gasteiger charge is 2.33. The molecule has 2 aliphatic rings. The average molecular weight is 468 g/mol. The molecule has 1 aromatic carbocycles. The predicted octanol–water partition coefficient (Wildman–Crippen LogP) is 4.11. The molecule has 35 heavy (non-hydrogen) atoms. The van der Waals surface area contributed by atoms with Crippen molar-refractivity contribution in [3.05, 3.63) is 59.9 Å². The molecule has 0 radical (unpaired) electrons. The van der Waals surface area contributed by atoms with E-state index in [0.717, 1.165) is 46.3 Å². The summed E-state index contributed by atoms with van der Waals surface area (Å²) in [6.07, 6.45) is 4.06. The number of hydrogen-bond acceptors (Lipinski definition) is 6. The number of hydrogen-bond donors (Lipinski definition) is 1. The van der Waals surface area contributed by atoms with Crippen LogP contribution in [0.1, 0.15) is 49.1 Å². The Morgan fingerprint density at radius 3 is 2.74 bits per heavy atom. The van der Waals surface area contributed by atoms with E-state index in [2.05, 4.69) is 34.7 Å². The van der Waals surface area contributed by atoms with Gasteiger partial charge in [0.2, 0.25) is 5.91 Å². The van der Waals surface area contributed by atoms with Crippen LogP contribution in [0.15, 0.2) is 43.0 Å². The molecule has 1 aliphatic heterocycles. The molecule has 1 aliphatic carbocycles. The summed E-state index contributed by atoms with van der Waals surface area (Å²) in [6.45, 7) is 7.44. The molecule has 1 saturated heterocycles. The summed E-state index contributed by atoms with van der Waals surface area (Å²) in [5, 5.41) is 20.3. The van der Waals surface area contributed by atoms with Gasteiger partial charge in [0.25, 0.3) is 0 Å². The van der Waals surface area contributed by atoms with E-state index in [9.17, 15) is 10.1 Å². The van der Waals surface area contributed by atoms with Crippen LogP contribution in [0.3, 0.4) is 0 Å². The molecular formula is C28H29N5O2. The van der Waals surface area contributed by atoms with Crippen LogP contribution in [-0.2, 0) is 4.79 Å². The number of nitrogens with zero attached hydrogens (tertiary/aromatic N) is 5. The van der Waals surface area contributed by atoms with Crippen molar-refractivity contribution in [2.24, 2.45) is 0 Å². The molecule has 1 N–H and O–H groups in total. The highest BCUT2D eigenvalue weighted by molar-refractivity contribution is 5.96. The Balaban J connectivity index is 1.55. The van der Waals surface area contributed by atoms with Crippen LogP contribution in [0.25, 0.3) is 28.1 Å². The highest BCUT2D eigenvalue weighted by Crippen LogP contribution is 2.46. The second kappa shape index (κ2) is 9.47. The van der Waals surface area contributed by atoms with E-state index in [1.165, 1.54) is 0 Å². The van der Waals surface area contributed by atoms with Gasteiger partial charge in [0.1, 0.15) is 11.9 Å². The van der Waals surface area contributed by atoms with E-state index >= 15 is 0 Å². The monoisotopic (exact) mass is 467 g/mol. The summed E-state index contributed by atoms with van der Waals surface area (Å²) in [5.74, 6) is 1.05. The quantitative estimate of drug-likeness (QED) is 0.587. The molecule has 3 heterocycles. The van der Waals surface area contributed by atoms with Gasteiger partial charge in [-0.1, -0.05) is 24.8 Å². The number of aliphatic hydroxyl groups is 1. The van der Waals surface area contributed by atoms with E-state index in [1.807, 2.05) is 36.1 Å². The maximum absolute atomic E-state index is 12.3. The van der Waals surface area contributed by atoms with Crippen LogP contribution >= 0.6 is 0 Å². The SMILES string of the molecule is C=Cc1ccc2c(-c3cc(C#N)c(N4CCN(C(=O)CCO)[C@H](C)C4)nc3C3CC3)cccc2n1. The normalized spacial score (nSPS) is 17.9. The van der Waals surface area contributed by atoms with Crippen molar-refractivity contribution in [3.8, 4) is 17.2 Å². The molecule has 2 fully saturated rings. The van der Waals surface area contributed by atoms with Gasteiger partial charge < -0.3 is 14.9 Å². The minimum absolute atomic E-state index is 0.0246. The Kier molecular flexibility index (Phi) is 6.23. The Bertz CT molecular complexity index is 1340. The van der Waals surface area contributed by atoms with E-state index < -0.39 is 0 Å². The fraction of sp³-hybridized carbons (Fsp3) is 0.357. The number of benzene rings is 1. The average Bonchev–Trinajstić information content (AvgIpc) is 3.72. The maximum atomic E-state index is 12.3. The van der Waals surface area contributed by atoms with Crippen LogP contribution in [0, 0.1) is 11.3 Å².